The fraction of sp³-hybridized carbons (Fsp3) is 0.0500. The Morgan fingerprint density at radius 1 is 1.06 bits per heavy atom. The number of methoxy groups -OCH3 is 1. The van der Waals surface area contributed by atoms with E-state index in [0.29, 0.717) is 0 Å². The van der Waals surface area contributed by atoms with Crippen molar-refractivity contribution in [3.8, 4) is 29.4 Å². The predicted molar refractivity (Wildman–Crippen MR) is 109 cm³/mol. The van der Waals surface area contributed by atoms with E-state index in [1.54, 1.807) is 0 Å². The molecule has 0 saturated heterocycles. The maximum Gasteiger partial charge on any atom is 0.263 e. The molecule has 31 heavy (non-hydrogen) atoms. The Morgan fingerprint density at radius 2 is 1.77 bits per heavy atom. The van der Waals surface area contributed by atoms with Crippen molar-refractivity contribution in [2.75, 3.05) is 11.8 Å². The molecule has 11 heteroatoms. The topological polar surface area (TPSA) is 125 Å². The number of nitrogens with zero attached hydrogens (tertiary/aromatic N) is 3. The monoisotopic (exact) mass is 458 g/mol. The van der Waals surface area contributed by atoms with E-state index in [0.717, 1.165) is 24.4 Å². The van der Waals surface area contributed by atoms with E-state index >= 15 is 0 Å². The molecule has 156 valence electrons. The zero-order valence-corrected chi connectivity index (χ0v) is 17.3. The van der Waals surface area contributed by atoms with E-state index in [2.05, 4.69) is 9.71 Å². The molecule has 0 amide bonds. The minimum atomic E-state index is -4.10. The summed E-state index contributed by atoms with van der Waals surface area (Å²) in [5, 5.41) is 18.6. The quantitative estimate of drug-likeness (QED) is 0.586. The highest BCUT2D eigenvalue weighted by Gasteiger charge is 2.20. The van der Waals surface area contributed by atoms with Gasteiger partial charge < -0.3 is 9.47 Å². The van der Waals surface area contributed by atoms with Crippen LogP contribution in [-0.2, 0) is 10.0 Å². The van der Waals surface area contributed by atoms with Gasteiger partial charge in [0.1, 0.15) is 34.5 Å². The lowest BCUT2D eigenvalue weighted by atomic mass is 10.2. The first-order valence-electron chi connectivity index (χ1n) is 8.42. The van der Waals surface area contributed by atoms with Gasteiger partial charge >= 0.3 is 0 Å². The highest BCUT2D eigenvalue weighted by Crippen LogP contribution is 2.40. The van der Waals surface area contributed by atoms with Crippen molar-refractivity contribution in [2.45, 2.75) is 4.90 Å². The van der Waals surface area contributed by atoms with Crippen molar-refractivity contribution in [2.24, 2.45) is 0 Å². The van der Waals surface area contributed by atoms with Crippen LogP contribution < -0.4 is 14.2 Å². The number of halogens is 2. The third-order valence-corrected chi connectivity index (χ3v) is 5.68. The predicted octanol–water partition coefficient (Wildman–Crippen LogP) is 4.22. The van der Waals surface area contributed by atoms with Crippen molar-refractivity contribution < 1.29 is 22.3 Å². The van der Waals surface area contributed by atoms with Crippen LogP contribution in [0.15, 0.2) is 53.6 Å². The summed E-state index contributed by atoms with van der Waals surface area (Å²) in [7, 11) is -2.76. The van der Waals surface area contributed by atoms with E-state index in [1.807, 2.05) is 12.1 Å². The summed E-state index contributed by atoms with van der Waals surface area (Å²) in [6, 6.07) is 12.5. The lowest BCUT2D eigenvalue weighted by molar-refractivity contribution is 0.378. The van der Waals surface area contributed by atoms with Crippen LogP contribution in [0.2, 0.25) is 5.02 Å². The van der Waals surface area contributed by atoms with Crippen molar-refractivity contribution in [3.05, 3.63) is 70.6 Å². The lowest BCUT2D eigenvalue weighted by Gasteiger charge is -2.14. The summed E-state index contributed by atoms with van der Waals surface area (Å²) in [5.74, 6) is -0.440. The molecule has 1 aromatic heterocycles. The Bertz CT molecular complexity index is 1330. The number of ether oxygens (including phenoxy) is 2. The van der Waals surface area contributed by atoms with Crippen molar-refractivity contribution >= 4 is 27.4 Å². The Morgan fingerprint density at radius 3 is 2.39 bits per heavy atom. The molecule has 1 N–H and O–H groups in total. The van der Waals surface area contributed by atoms with Crippen molar-refractivity contribution in [1.82, 2.24) is 4.98 Å². The number of nitrogens with one attached hydrogen (secondary N) is 1. The van der Waals surface area contributed by atoms with Gasteiger partial charge in [0.2, 0.25) is 0 Å². The van der Waals surface area contributed by atoms with E-state index in [-0.39, 0.29) is 44.1 Å². The second kappa shape index (κ2) is 8.88. The second-order valence-electron chi connectivity index (χ2n) is 5.91. The Balaban J connectivity index is 1.94. The smallest absolute Gasteiger partial charge is 0.263 e. The van der Waals surface area contributed by atoms with Gasteiger partial charge in [0.25, 0.3) is 10.0 Å². The molecule has 0 spiro atoms. The largest absolute Gasteiger partial charge is 0.491 e. The highest BCUT2D eigenvalue weighted by atomic mass is 35.5. The molecule has 0 aliphatic rings. The molecular weight excluding hydrogens is 447 g/mol. The van der Waals surface area contributed by atoms with E-state index < -0.39 is 15.8 Å². The van der Waals surface area contributed by atoms with Crippen LogP contribution >= 0.6 is 11.6 Å². The van der Waals surface area contributed by atoms with Gasteiger partial charge in [-0.25, -0.2) is 17.8 Å². The summed E-state index contributed by atoms with van der Waals surface area (Å²) in [4.78, 5) is 3.41. The first kappa shape index (κ1) is 21.8. The zero-order valence-electron chi connectivity index (χ0n) is 15.8. The molecule has 0 saturated carbocycles. The van der Waals surface area contributed by atoms with Gasteiger partial charge in [0, 0.05) is 0 Å². The number of hydrogen-bond acceptors (Lipinski definition) is 7. The number of anilines is 1. The summed E-state index contributed by atoms with van der Waals surface area (Å²) in [6.45, 7) is 0. The molecule has 0 radical (unpaired) electrons. The number of sulfonamides is 1. The molecule has 8 nitrogen and oxygen atoms in total. The van der Waals surface area contributed by atoms with Crippen LogP contribution in [-0.4, -0.2) is 20.5 Å². The van der Waals surface area contributed by atoms with Gasteiger partial charge in [-0.2, -0.15) is 10.5 Å². The number of nitriles is 2. The van der Waals surface area contributed by atoms with Crippen LogP contribution in [0.25, 0.3) is 0 Å². The van der Waals surface area contributed by atoms with E-state index in [4.69, 9.17) is 26.3 Å². The van der Waals surface area contributed by atoms with Crippen molar-refractivity contribution in [1.29, 1.82) is 10.5 Å². The molecule has 2 aromatic carbocycles. The fourth-order valence-corrected chi connectivity index (χ4v) is 3.81. The minimum Gasteiger partial charge on any atom is -0.491 e. The van der Waals surface area contributed by atoms with Gasteiger partial charge in [0.15, 0.2) is 11.5 Å². The third-order valence-electron chi connectivity index (χ3n) is 3.95. The maximum atomic E-state index is 13.0. The summed E-state index contributed by atoms with van der Waals surface area (Å²) in [6.07, 6.45) is 0.867. The molecule has 0 bridgehead atoms. The lowest BCUT2D eigenvalue weighted by Crippen LogP contribution is -2.14. The fourth-order valence-electron chi connectivity index (χ4n) is 2.50. The highest BCUT2D eigenvalue weighted by molar-refractivity contribution is 7.92. The average Bonchev–Trinajstić information content (AvgIpc) is 2.75. The van der Waals surface area contributed by atoms with E-state index in [1.165, 1.54) is 31.4 Å². The summed E-state index contributed by atoms with van der Waals surface area (Å²) in [5.41, 5.74) is 0.0887. The standard InChI is InChI=1S/C20H12ClFN4O4S/c1-29-20-17(5-2-12(9-23)19(20)21)30-16-6-4-15(8-13(16)10-24)31(27,28)26-18-7-3-14(22)11-25-18/h2-8,11H,1H3,(H,25,26). The molecule has 0 fully saturated rings. The van der Waals surface area contributed by atoms with Gasteiger partial charge in [-0.15, -0.1) is 0 Å². The second-order valence-corrected chi connectivity index (χ2v) is 7.97. The Kier molecular flexibility index (Phi) is 6.25. The molecule has 3 aromatic rings. The molecular formula is C20H12ClFN4O4S. The van der Waals surface area contributed by atoms with E-state index in [9.17, 15) is 18.1 Å². The van der Waals surface area contributed by atoms with Gasteiger partial charge in [-0.3, -0.25) is 4.72 Å². The third kappa shape index (κ3) is 4.67. The number of aromatic nitrogens is 1. The van der Waals surface area contributed by atoms with Crippen LogP contribution in [0.5, 0.6) is 17.2 Å². The first-order chi connectivity index (χ1) is 14.8. The summed E-state index contributed by atoms with van der Waals surface area (Å²) >= 11 is 6.12. The first-order valence-corrected chi connectivity index (χ1v) is 10.3. The molecule has 3 rings (SSSR count). The molecule has 0 unspecified atom stereocenters. The molecule has 0 atom stereocenters. The van der Waals surface area contributed by atoms with Gasteiger partial charge in [-0.1, -0.05) is 11.6 Å². The normalized spacial score (nSPS) is 10.6. The molecule has 1 heterocycles. The van der Waals surface area contributed by atoms with Crippen LogP contribution in [0.3, 0.4) is 0 Å². The molecule has 0 aliphatic heterocycles. The maximum absolute atomic E-state index is 13.0. The number of benzene rings is 2. The Labute approximate surface area is 182 Å². The van der Waals surface area contributed by atoms with Gasteiger partial charge in [0.05, 0.1) is 29.3 Å². The van der Waals surface area contributed by atoms with Crippen LogP contribution in [0, 0.1) is 28.5 Å². The molecule has 0 aliphatic carbocycles. The Hall–Kier alpha value is -3.86. The van der Waals surface area contributed by atoms with Crippen LogP contribution in [0.4, 0.5) is 10.2 Å². The summed E-state index contributed by atoms with van der Waals surface area (Å²) < 4.78 is 51.2. The van der Waals surface area contributed by atoms with Gasteiger partial charge in [-0.05, 0) is 42.5 Å². The van der Waals surface area contributed by atoms with Crippen LogP contribution in [0.1, 0.15) is 11.1 Å². The van der Waals surface area contributed by atoms with Crippen molar-refractivity contribution in [3.63, 3.8) is 0 Å². The minimum absolute atomic E-state index is 0.0382. The zero-order chi connectivity index (χ0) is 22.6. The average molecular weight is 459 g/mol. The SMILES string of the molecule is COc1c(Oc2ccc(S(=O)(=O)Nc3ccc(F)cn3)cc2C#N)ccc(C#N)c1Cl. The number of pyridine rings is 1. The number of hydrogen-bond donors (Lipinski definition) is 1. The number of rotatable bonds is 6.